The molecule has 1 N–H and O–H groups in total. The highest BCUT2D eigenvalue weighted by Crippen LogP contribution is 2.47. The number of amides is 4. The van der Waals surface area contributed by atoms with Gasteiger partial charge in [-0.25, -0.2) is 4.79 Å². The summed E-state index contributed by atoms with van der Waals surface area (Å²) in [6.45, 7) is 0. The first-order chi connectivity index (χ1) is 13.6. The van der Waals surface area contributed by atoms with Crippen LogP contribution in [0.4, 0.5) is 10.5 Å². The average molecular weight is 375 g/mol. The minimum Gasteiger partial charge on any atom is -0.277 e. The molecule has 6 nitrogen and oxygen atoms in total. The molecule has 6 heteroatoms. The highest BCUT2D eigenvalue weighted by molar-refractivity contribution is 6.23. The van der Waals surface area contributed by atoms with E-state index in [0.717, 1.165) is 30.0 Å². The third-order valence-electron chi connectivity index (χ3n) is 6.40. The summed E-state index contributed by atoms with van der Waals surface area (Å²) < 4.78 is 0. The second kappa shape index (κ2) is 6.55. The first-order valence-corrected chi connectivity index (χ1v) is 9.81. The molecule has 0 aromatic heterocycles. The monoisotopic (exact) mass is 375 g/mol. The molecule has 1 heterocycles. The molecule has 4 atom stereocenters. The lowest BCUT2D eigenvalue weighted by Gasteiger charge is -2.36. The second-order valence-electron chi connectivity index (χ2n) is 8.00. The molecule has 28 heavy (non-hydrogen) atoms. The van der Waals surface area contributed by atoms with Gasteiger partial charge < -0.3 is 0 Å². The van der Waals surface area contributed by atoms with Crippen LogP contribution in [-0.4, -0.2) is 35.0 Å². The Morgan fingerprint density at radius 3 is 2.61 bits per heavy atom. The Bertz CT molecular complexity index is 1010. The number of barbiturate groups is 1. The van der Waals surface area contributed by atoms with Gasteiger partial charge in [0.05, 0.1) is 5.69 Å². The summed E-state index contributed by atoms with van der Waals surface area (Å²) in [4.78, 5) is 43.5. The van der Waals surface area contributed by atoms with Crippen molar-refractivity contribution < 1.29 is 14.4 Å². The maximum atomic E-state index is 13.0. The fourth-order valence-corrected chi connectivity index (χ4v) is 5.05. The number of benzene rings is 2. The molecule has 2 aromatic carbocycles. The Kier molecular flexibility index (Phi) is 4.00. The van der Waals surface area contributed by atoms with Crippen molar-refractivity contribution in [3.05, 3.63) is 42.5 Å². The zero-order chi connectivity index (χ0) is 19.3. The van der Waals surface area contributed by atoms with E-state index in [9.17, 15) is 14.4 Å². The number of hydrogen-bond acceptors (Lipinski definition) is 4. The van der Waals surface area contributed by atoms with Crippen LogP contribution in [0.25, 0.3) is 10.8 Å². The van der Waals surface area contributed by atoms with E-state index in [-0.39, 0.29) is 6.04 Å². The Balaban J connectivity index is 1.44. The number of hydrogen-bond donors (Lipinski definition) is 1. The third kappa shape index (κ3) is 2.71. The smallest absolute Gasteiger partial charge is 0.277 e. The van der Waals surface area contributed by atoms with Crippen molar-refractivity contribution in [1.82, 2.24) is 10.2 Å². The third-order valence-corrected chi connectivity index (χ3v) is 6.40. The predicted octanol–water partition coefficient (Wildman–Crippen LogP) is 3.43. The van der Waals surface area contributed by atoms with Gasteiger partial charge in [0, 0.05) is 17.6 Å². The molecule has 2 aromatic rings. The summed E-state index contributed by atoms with van der Waals surface area (Å²) in [5, 5.41) is 4.34. The average Bonchev–Trinajstić information content (AvgIpc) is 3.31. The fourth-order valence-electron chi connectivity index (χ4n) is 5.05. The van der Waals surface area contributed by atoms with Crippen molar-refractivity contribution >= 4 is 40.5 Å². The number of nitrogens with zero attached hydrogens (tertiary/aromatic N) is 2. The van der Waals surface area contributed by atoms with Gasteiger partial charge in [-0.3, -0.25) is 24.8 Å². The Morgan fingerprint density at radius 2 is 1.82 bits per heavy atom. The quantitative estimate of drug-likeness (QED) is 0.659. The van der Waals surface area contributed by atoms with Crippen LogP contribution in [0, 0.1) is 17.8 Å². The number of nitrogens with one attached hydrogen (secondary N) is 1. The number of fused-ring (bicyclic) bond motifs is 3. The molecule has 1 saturated heterocycles. The van der Waals surface area contributed by atoms with Gasteiger partial charge in [-0.2, -0.15) is 0 Å². The molecular formula is C22H21N3O3. The number of carbonyl (C=O) groups is 3. The molecule has 2 aliphatic carbocycles. The summed E-state index contributed by atoms with van der Waals surface area (Å²) in [5.41, 5.74) is 0.696. The zero-order valence-corrected chi connectivity index (χ0v) is 15.4. The van der Waals surface area contributed by atoms with Crippen LogP contribution < -0.4 is 5.32 Å². The first-order valence-electron chi connectivity index (χ1n) is 9.81. The van der Waals surface area contributed by atoms with Crippen LogP contribution >= 0.6 is 0 Å². The lowest BCUT2D eigenvalue weighted by molar-refractivity contribution is -0.141. The van der Waals surface area contributed by atoms with Crippen molar-refractivity contribution in [2.75, 3.05) is 0 Å². The Labute approximate surface area is 162 Å². The van der Waals surface area contributed by atoms with E-state index >= 15 is 0 Å². The van der Waals surface area contributed by atoms with Crippen molar-refractivity contribution in [3.63, 3.8) is 0 Å². The predicted molar refractivity (Wildman–Crippen MR) is 105 cm³/mol. The van der Waals surface area contributed by atoms with Gasteiger partial charge in [-0.05, 0) is 42.6 Å². The van der Waals surface area contributed by atoms with Crippen molar-refractivity contribution in [3.8, 4) is 0 Å². The van der Waals surface area contributed by atoms with Crippen LogP contribution in [0.3, 0.4) is 0 Å². The summed E-state index contributed by atoms with van der Waals surface area (Å²) in [5.74, 6) is -1.16. The number of imide groups is 2. The molecule has 2 saturated carbocycles. The molecule has 2 bridgehead atoms. The molecule has 0 spiro atoms. The SMILES string of the molecule is O=C1NC(=O)N([C@@H]2C[C@H]3CC[C@H]2C3)C(=O)[C@@H]1C=Nc1cccc2ccccc12. The highest BCUT2D eigenvalue weighted by atomic mass is 16.2. The minimum absolute atomic E-state index is 0.0900. The van der Waals surface area contributed by atoms with E-state index in [4.69, 9.17) is 0 Å². The molecular weight excluding hydrogens is 354 g/mol. The molecule has 5 rings (SSSR count). The van der Waals surface area contributed by atoms with Crippen molar-refractivity contribution in [2.45, 2.75) is 31.7 Å². The summed E-state index contributed by atoms with van der Waals surface area (Å²) in [7, 11) is 0. The largest absolute Gasteiger partial charge is 0.331 e. The van der Waals surface area contributed by atoms with Crippen LogP contribution in [-0.2, 0) is 9.59 Å². The zero-order valence-electron chi connectivity index (χ0n) is 15.4. The number of aliphatic imine (C=N–C) groups is 1. The van der Waals surface area contributed by atoms with E-state index in [1.165, 1.54) is 17.5 Å². The van der Waals surface area contributed by atoms with E-state index in [1.54, 1.807) is 0 Å². The van der Waals surface area contributed by atoms with Crippen molar-refractivity contribution in [1.29, 1.82) is 0 Å². The normalized spacial score (nSPS) is 29.9. The molecule has 3 fully saturated rings. The van der Waals surface area contributed by atoms with Gasteiger partial charge in [-0.15, -0.1) is 0 Å². The van der Waals surface area contributed by atoms with Gasteiger partial charge in [0.2, 0.25) is 11.8 Å². The number of urea groups is 1. The van der Waals surface area contributed by atoms with Gasteiger partial charge in [0.1, 0.15) is 0 Å². The van der Waals surface area contributed by atoms with Gasteiger partial charge in [-0.1, -0.05) is 42.8 Å². The first kappa shape index (κ1) is 17.1. The summed E-state index contributed by atoms with van der Waals surface area (Å²) in [6.07, 6.45) is 5.53. The van der Waals surface area contributed by atoms with Crippen molar-refractivity contribution in [2.24, 2.45) is 22.7 Å². The molecule has 1 aliphatic heterocycles. The summed E-state index contributed by atoms with van der Waals surface area (Å²) >= 11 is 0. The van der Waals surface area contributed by atoms with Crippen LogP contribution in [0.5, 0.6) is 0 Å². The number of carbonyl (C=O) groups excluding carboxylic acids is 3. The topological polar surface area (TPSA) is 78.8 Å². The van der Waals surface area contributed by atoms with E-state index in [1.807, 2.05) is 42.5 Å². The van der Waals surface area contributed by atoms with Gasteiger partial charge in [0.15, 0.2) is 5.92 Å². The standard InChI is InChI=1S/C22H21N3O3/c26-20-17(12-23-18-7-3-5-14-4-1-2-6-16(14)18)21(27)25(22(28)24-20)19-11-13-8-9-15(19)10-13/h1-7,12-13,15,17,19H,8-11H2,(H,24,26,28)/t13-,15-,17+,19+/m0/s1. The highest BCUT2D eigenvalue weighted by Gasteiger charge is 2.50. The number of rotatable bonds is 3. The minimum atomic E-state index is -1.07. The lowest BCUT2D eigenvalue weighted by atomic mass is 9.92. The van der Waals surface area contributed by atoms with Crippen LogP contribution in [0.15, 0.2) is 47.5 Å². The van der Waals surface area contributed by atoms with E-state index in [2.05, 4.69) is 10.3 Å². The molecule has 0 unspecified atom stereocenters. The van der Waals surface area contributed by atoms with E-state index in [0.29, 0.717) is 17.5 Å². The molecule has 142 valence electrons. The maximum absolute atomic E-state index is 13.0. The fraction of sp³-hybridized carbons (Fsp3) is 0.364. The molecule has 0 radical (unpaired) electrons. The van der Waals surface area contributed by atoms with E-state index < -0.39 is 23.8 Å². The molecule has 4 amide bonds. The second-order valence-corrected chi connectivity index (χ2v) is 8.00. The Morgan fingerprint density at radius 1 is 1.00 bits per heavy atom. The Hall–Kier alpha value is -3.02. The molecule has 3 aliphatic rings. The maximum Gasteiger partial charge on any atom is 0.331 e. The lowest BCUT2D eigenvalue weighted by Crippen LogP contribution is -2.62. The van der Waals surface area contributed by atoms with Crippen LogP contribution in [0.1, 0.15) is 25.7 Å². The van der Waals surface area contributed by atoms with Crippen LogP contribution in [0.2, 0.25) is 0 Å². The van der Waals surface area contributed by atoms with Gasteiger partial charge >= 0.3 is 6.03 Å². The summed E-state index contributed by atoms with van der Waals surface area (Å²) in [6, 6.07) is 12.9. The van der Waals surface area contributed by atoms with Gasteiger partial charge in [0.25, 0.3) is 0 Å².